The minimum Gasteiger partial charge on any atom is -0.480 e. The van der Waals surface area contributed by atoms with E-state index < -0.39 is 12.0 Å². The van der Waals surface area contributed by atoms with Gasteiger partial charge in [0.2, 0.25) is 0 Å². The number of likely N-dealkylation sites (N-methyl/N-ethyl adjacent to an activating group) is 1. The van der Waals surface area contributed by atoms with Gasteiger partial charge in [-0.2, -0.15) is 0 Å². The van der Waals surface area contributed by atoms with Gasteiger partial charge in [0.15, 0.2) is 0 Å². The number of hydrogen-bond donors (Lipinski definition) is 2. The number of aliphatic carboxylic acids is 1. The van der Waals surface area contributed by atoms with Gasteiger partial charge in [-0.25, -0.2) is 4.98 Å². The maximum atomic E-state index is 11.1. The topological polar surface area (TPSA) is 62.2 Å². The van der Waals surface area contributed by atoms with Crippen LogP contribution in [-0.2, 0) is 4.79 Å². The predicted octanol–water partition coefficient (Wildman–Crippen LogP) is 2.53. The molecular formula is C11H12N2O2S2. The van der Waals surface area contributed by atoms with E-state index in [9.17, 15) is 4.79 Å². The van der Waals surface area contributed by atoms with E-state index in [0.717, 1.165) is 20.5 Å². The molecule has 1 atom stereocenters. The largest absolute Gasteiger partial charge is 0.480 e. The highest BCUT2D eigenvalue weighted by molar-refractivity contribution is 7.21. The first-order valence-electron chi connectivity index (χ1n) is 5.04. The van der Waals surface area contributed by atoms with Crippen molar-refractivity contribution >= 4 is 28.6 Å². The summed E-state index contributed by atoms with van der Waals surface area (Å²) in [6.07, 6.45) is 0. The fourth-order valence-electron chi connectivity index (χ4n) is 1.55. The Balaban J connectivity index is 2.40. The van der Waals surface area contributed by atoms with Crippen LogP contribution in [0.1, 0.15) is 16.6 Å². The van der Waals surface area contributed by atoms with Crippen LogP contribution in [0.3, 0.4) is 0 Å². The Bertz CT molecular complexity index is 520. The van der Waals surface area contributed by atoms with Gasteiger partial charge in [0.1, 0.15) is 11.0 Å². The average molecular weight is 268 g/mol. The van der Waals surface area contributed by atoms with Gasteiger partial charge >= 0.3 is 5.97 Å². The van der Waals surface area contributed by atoms with Crippen LogP contribution < -0.4 is 5.32 Å². The summed E-state index contributed by atoms with van der Waals surface area (Å²) in [4.78, 5) is 17.4. The standard InChI is InChI=1S/C11H12N2O2S2/c1-6-9(8(12-2)11(14)15)17-10(13-6)7-4-3-5-16-7/h3-5,8,12H,1-2H3,(H,14,15). The lowest BCUT2D eigenvalue weighted by Crippen LogP contribution is -2.24. The molecular weight excluding hydrogens is 256 g/mol. The zero-order valence-electron chi connectivity index (χ0n) is 9.43. The zero-order chi connectivity index (χ0) is 12.4. The molecule has 0 saturated carbocycles. The molecule has 0 aliphatic rings. The third-order valence-corrected chi connectivity index (χ3v) is 4.62. The van der Waals surface area contributed by atoms with Crippen LogP contribution >= 0.6 is 22.7 Å². The van der Waals surface area contributed by atoms with E-state index in [1.807, 2.05) is 24.4 Å². The van der Waals surface area contributed by atoms with Crippen LogP contribution in [0.25, 0.3) is 9.88 Å². The van der Waals surface area contributed by atoms with E-state index in [2.05, 4.69) is 10.3 Å². The Morgan fingerprint density at radius 2 is 2.35 bits per heavy atom. The molecule has 2 N–H and O–H groups in total. The molecule has 17 heavy (non-hydrogen) atoms. The number of carboxylic acids is 1. The van der Waals surface area contributed by atoms with Crippen molar-refractivity contribution in [2.24, 2.45) is 0 Å². The van der Waals surface area contributed by atoms with Crippen LogP contribution in [0.4, 0.5) is 0 Å². The first-order chi connectivity index (χ1) is 8.13. The SMILES string of the molecule is CNC(C(=O)O)c1sc(-c2cccs2)nc1C. The lowest BCUT2D eigenvalue weighted by atomic mass is 10.2. The molecule has 2 aromatic heterocycles. The molecule has 1 unspecified atom stereocenters. The van der Waals surface area contributed by atoms with Crippen molar-refractivity contribution in [3.05, 3.63) is 28.1 Å². The summed E-state index contributed by atoms with van der Waals surface area (Å²) in [5.41, 5.74) is 0.778. The van der Waals surface area contributed by atoms with E-state index in [1.54, 1.807) is 18.4 Å². The van der Waals surface area contributed by atoms with Gasteiger partial charge in [-0.1, -0.05) is 6.07 Å². The van der Waals surface area contributed by atoms with Gasteiger partial charge in [0.05, 0.1) is 15.4 Å². The van der Waals surface area contributed by atoms with Gasteiger partial charge < -0.3 is 10.4 Å². The smallest absolute Gasteiger partial charge is 0.326 e. The van der Waals surface area contributed by atoms with Gasteiger partial charge in [-0.3, -0.25) is 4.79 Å². The van der Waals surface area contributed by atoms with E-state index >= 15 is 0 Å². The van der Waals surface area contributed by atoms with Crippen molar-refractivity contribution in [3.8, 4) is 9.88 Å². The normalized spacial score (nSPS) is 12.6. The predicted molar refractivity (Wildman–Crippen MR) is 69.6 cm³/mol. The van der Waals surface area contributed by atoms with Gasteiger partial charge in [-0.05, 0) is 25.4 Å². The molecule has 6 heteroatoms. The zero-order valence-corrected chi connectivity index (χ0v) is 11.1. The van der Waals surface area contributed by atoms with E-state index in [-0.39, 0.29) is 0 Å². The highest BCUT2D eigenvalue weighted by Gasteiger charge is 2.23. The molecule has 0 aliphatic carbocycles. The van der Waals surface area contributed by atoms with E-state index in [1.165, 1.54) is 11.3 Å². The highest BCUT2D eigenvalue weighted by Crippen LogP contribution is 2.33. The molecule has 0 bridgehead atoms. The maximum Gasteiger partial charge on any atom is 0.326 e. The van der Waals surface area contributed by atoms with Crippen molar-refractivity contribution < 1.29 is 9.90 Å². The number of nitrogens with one attached hydrogen (secondary N) is 1. The third-order valence-electron chi connectivity index (χ3n) is 2.36. The number of hydrogen-bond acceptors (Lipinski definition) is 5. The summed E-state index contributed by atoms with van der Waals surface area (Å²) in [5, 5.41) is 14.8. The lowest BCUT2D eigenvalue weighted by molar-refractivity contribution is -0.139. The van der Waals surface area contributed by atoms with E-state index in [0.29, 0.717) is 0 Å². The summed E-state index contributed by atoms with van der Waals surface area (Å²) in [6.45, 7) is 1.84. The lowest BCUT2D eigenvalue weighted by Gasteiger charge is -2.08. The van der Waals surface area contributed by atoms with Crippen LogP contribution in [-0.4, -0.2) is 23.1 Å². The highest BCUT2D eigenvalue weighted by atomic mass is 32.1. The van der Waals surface area contributed by atoms with Gasteiger partial charge in [0, 0.05) is 0 Å². The van der Waals surface area contributed by atoms with Crippen LogP contribution in [0.2, 0.25) is 0 Å². The number of carbonyl (C=O) groups is 1. The first-order valence-corrected chi connectivity index (χ1v) is 6.74. The van der Waals surface area contributed by atoms with Crippen LogP contribution in [0.5, 0.6) is 0 Å². The van der Waals surface area contributed by atoms with Crippen molar-refractivity contribution in [2.75, 3.05) is 7.05 Å². The molecule has 4 nitrogen and oxygen atoms in total. The Labute approximate surface area is 107 Å². The number of nitrogens with zero attached hydrogens (tertiary/aromatic N) is 1. The molecule has 0 aromatic carbocycles. The molecule has 90 valence electrons. The summed E-state index contributed by atoms with van der Waals surface area (Å²) in [7, 11) is 1.64. The molecule has 0 fully saturated rings. The average Bonchev–Trinajstić information content (AvgIpc) is 2.89. The quantitative estimate of drug-likeness (QED) is 0.894. The second kappa shape index (κ2) is 4.95. The minimum atomic E-state index is -0.878. The van der Waals surface area contributed by atoms with Crippen molar-refractivity contribution in [1.82, 2.24) is 10.3 Å². The van der Waals surface area contributed by atoms with Gasteiger partial charge in [0.25, 0.3) is 0 Å². The van der Waals surface area contributed by atoms with Crippen molar-refractivity contribution in [1.29, 1.82) is 0 Å². The number of thiazole rings is 1. The van der Waals surface area contributed by atoms with Crippen molar-refractivity contribution in [3.63, 3.8) is 0 Å². The van der Waals surface area contributed by atoms with Crippen LogP contribution in [0, 0.1) is 6.92 Å². The van der Waals surface area contributed by atoms with Crippen LogP contribution in [0.15, 0.2) is 17.5 Å². The third kappa shape index (κ3) is 2.38. The number of thiophene rings is 1. The second-order valence-corrected chi connectivity index (χ2v) is 5.48. The molecule has 0 saturated heterocycles. The molecule has 0 amide bonds. The summed E-state index contributed by atoms with van der Waals surface area (Å²) < 4.78 is 0. The summed E-state index contributed by atoms with van der Waals surface area (Å²) >= 11 is 3.04. The Morgan fingerprint density at radius 1 is 1.59 bits per heavy atom. The van der Waals surface area contributed by atoms with Gasteiger partial charge in [-0.15, -0.1) is 22.7 Å². The molecule has 2 heterocycles. The minimum absolute atomic E-state index is 0.679. The van der Waals surface area contributed by atoms with Crippen molar-refractivity contribution in [2.45, 2.75) is 13.0 Å². The molecule has 0 radical (unpaired) electrons. The summed E-state index contributed by atoms with van der Waals surface area (Å²) in [5.74, 6) is -0.878. The number of rotatable bonds is 4. The monoisotopic (exact) mass is 268 g/mol. The van der Waals surface area contributed by atoms with E-state index in [4.69, 9.17) is 5.11 Å². The fourth-order valence-corrected chi connectivity index (χ4v) is 3.51. The molecule has 2 rings (SSSR count). The fraction of sp³-hybridized carbons (Fsp3) is 0.273. The molecule has 2 aromatic rings. The Morgan fingerprint density at radius 3 is 2.88 bits per heavy atom. The Hall–Kier alpha value is -1.24. The molecule has 0 aliphatic heterocycles. The molecule has 0 spiro atoms. The number of aryl methyl sites for hydroxylation is 1. The number of carboxylic acid groups (broad SMARTS) is 1. The summed E-state index contributed by atoms with van der Waals surface area (Å²) in [6, 6.07) is 3.27. The maximum absolute atomic E-state index is 11.1. The number of aromatic nitrogens is 1. The second-order valence-electron chi connectivity index (χ2n) is 3.51. The Kier molecular flexibility index (Phi) is 3.56. The first kappa shape index (κ1) is 12.2.